The monoisotopic (exact) mass is 367 g/mol. The third-order valence-electron chi connectivity index (χ3n) is 5.36. The Hall–Kier alpha value is -2.47. The Morgan fingerprint density at radius 3 is 2.37 bits per heavy atom. The van der Waals surface area contributed by atoms with Gasteiger partial charge in [0.05, 0.1) is 6.04 Å². The van der Waals surface area contributed by atoms with Gasteiger partial charge in [-0.1, -0.05) is 37.3 Å². The number of piperazine rings is 1. The van der Waals surface area contributed by atoms with E-state index >= 15 is 0 Å². The van der Waals surface area contributed by atoms with Gasteiger partial charge in [-0.2, -0.15) is 0 Å². The van der Waals surface area contributed by atoms with E-state index in [0.717, 1.165) is 38.5 Å². The van der Waals surface area contributed by atoms with Gasteiger partial charge in [0, 0.05) is 51.0 Å². The Balaban J connectivity index is 1.48. The number of aromatic nitrogens is 2. The summed E-state index contributed by atoms with van der Waals surface area (Å²) in [5, 5.41) is 3.15. The molecule has 6 heteroatoms. The van der Waals surface area contributed by atoms with Crippen LogP contribution in [0.1, 0.15) is 31.7 Å². The lowest BCUT2D eigenvalue weighted by molar-refractivity contribution is -0.126. The summed E-state index contributed by atoms with van der Waals surface area (Å²) in [5.74, 6) is 1.23. The molecule has 1 amide bonds. The number of benzene rings is 1. The third-order valence-corrected chi connectivity index (χ3v) is 5.36. The molecule has 0 radical (unpaired) electrons. The molecule has 0 saturated carbocycles. The van der Waals surface area contributed by atoms with E-state index < -0.39 is 0 Å². The number of hydrogen-bond acceptors (Lipinski definition) is 5. The van der Waals surface area contributed by atoms with Gasteiger partial charge in [0.2, 0.25) is 11.9 Å². The molecule has 0 bridgehead atoms. The highest BCUT2D eigenvalue weighted by atomic mass is 16.2. The zero-order valence-electron chi connectivity index (χ0n) is 16.2. The van der Waals surface area contributed by atoms with Crippen LogP contribution in [-0.2, 0) is 4.79 Å². The zero-order chi connectivity index (χ0) is 19.1. The molecule has 1 aromatic heterocycles. The van der Waals surface area contributed by atoms with Crippen molar-refractivity contribution in [3.63, 3.8) is 0 Å². The standard InChI is InChI=1S/C21H29N5O/c1-3-18(19-8-5-4-6-9-19)16-24-20(27)17(2)25-12-14-26(15-13-25)21-22-10-7-11-23-21/h4-11,17-18H,3,12-16H2,1-2H3,(H,24,27)/t17-,18-/m0/s1. The van der Waals surface area contributed by atoms with Crippen LogP contribution in [0, 0.1) is 0 Å². The van der Waals surface area contributed by atoms with E-state index in [2.05, 4.69) is 56.3 Å². The molecule has 2 heterocycles. The molecule has 1 aliphatic rings. The first kappa shape index (κ1) is 19.3. The van der Waals surface area contributed by atoms with Crippen molar-refractivity contribution in [3.05, 3.63) is 54.4 Å². The van der Waals surface area contributed by atoms with Gasteiger partial charge in [0.15, 0.2) is 0 Å². The maximum absolute atomic E-state index is 12.7. The number of carbonyl (C=O) groups excluding carboxylic acids is 1. The van der Waals surface area contributed by atoms with Crippen LogP contribution >= 0.6 is 0 Å². The van der Waals surface area contributed by atoms with Crippen molar-refractivity contribution >= 4 is 11.9 Å². The second kappa shape index (κ2) is 9.46. The van der Waals surface area contributed by atoms with E-state index in [1.54, 1.807) is 12.4 Å². The van der Waals surface area contributed by atoms with Crippen molar-refractivity contribution in [2.45, 2.75) is 32.2 Å². The lowest BCUT2D eigenvalue weighted by atomic mass is 9.96. The molecule has 3 rings (SSSR count). The van der Waals surface area contributed by atoms with Gasteiger partial charge < -0.3 is 10.2 Å². The molecule has 1 aromatic carbocycles. The zero-order valence-corrected chi connectivity index (χ0v) is 16.2. The molecule has 2 atom stereocenters. The average molecular weight is 367 g/mol. The summed E-state index contributed by atoms with van der Waals surface area (Å²) in [4.78, 5) is 25.7. The van der Waals surface area contributed by atoms with E-state index in [4.69, 9.17) is 0 Å². The van der Waals surface area contributed by atoms with Crippen LogP contribution in [0.15, 0.2) is 48.8 Å². The van der Waals surface area contributed by atoms with E-state index in [1.165, 1.54) is 5.56 Å². The number of nitrogens with zero attached hydrogens (tertiary/aromatic N) is 4. The highest BCUT2D eigenvalue weighted by Gasteiger charge is 2.26. The van der Waals surface area contributed by atoms with Crippen molar-refractivity contribution in [1.82, 2.24) is 20.2 Å². The minimum absolute atomic E-state index is 0.105. The van der Waals surface area contributed by atoms with Gasteiger partial charge in [0.25, 0.3) is 0 Å². The van der Waals surface area contributed by atoms with Gasteiger partial charge in [-0.25, -0.2) is 9.97 Å². The van der Waals surface area contributed by atoms with Crippen LogP contribution in [0.25, 0.3) is 0 Å². The van der Waals surface area contributed by atoms with Crippen molar-refractivity contribution in [2.24, 2.45) is 0 Å². The first-order chi connectivity index (χ1) is 13.2. The summed E-state index contributed by atoms with van der Waals surface area (Å²) < 4.78 is 0. The summed E-state index contributed by atoms with van der Waals surface area (Å²) in [6, 6.07) is 12.1. The number of nitrogens with one attached hydrogen (secondary N) is 1. The molecular weight excluding hydrogens is 338 g/mol. The molecule has 0 spiro atoms. The SMILES string of the molecule is CC[C@@H](CNC(=O)[C@H](C)N1CCN(c2ncccn2)CC1)c1ccccc1. The molecule has 1 saturated heterocycles. The minimum Gasteiger partial charge on any atom is -0.354 e. The Morgan fingerprint density at radius 2 is 1.74 bits per heavy atom. The van der Waals surface area contributed by atoms with Crippen LogP contribution in [0.5, 0.6) is 0 Å². The third kappa shape index (κ3) is 5.04. The summed E-state index contributed by atoms with van der Waals surface area (Å²) in [6.45, 7) is 8.19. The van der Waals surface area contributed by atoms with Crippen LogP contribution in [0.4, 0.5) is 5.95 Å². The van der Waals surface area contributed by atoms with Gasteiger partial charge in [-0.15, -0.1) is 0 Å². The predicted molar refractivity (Wildman–Crippen MR) is 108 cm³/mol. The molecule has 27 heavy (non-hydrogen) atoms. The van der Waals surface area contributed by atoms with E-state index in [0.29, 0.717) is 12.5 Å². The Bertz CT molecular complexity index is 701. The second-order valence-corrected chi connectivity index (χ2v) is 7.01. The van der Waals surface area contributed by atoms with E-state index in [-0.39, 0.29) is 11.9 Å². The fourth-order valence-electron chi connectivity index (χ4n) is 3.52. The molecule has 144 valence electrons. The molecule has 0 unspecified atom stereocenters. The second-order valence-electron chi connectivity index (χ2n) is 7.01. The van der Waals surface area contributed by atoms with Crippen LogP contribution < -0.4 is 10.2 Å². The lowest BCUT2D eigenvalue weighted by Crippen LogP contribution is -2.54. The van der Waals surface area contributed by atoms with Gasteiger partial charge in [0.1, 0.15) is 0 Å². The Morgan fingerprint density at radius 1 is 1.07 bits per heavy atom. The number of hydrogen-bond donors (Lipinski definition) is 1. The largest absolute Gasteiger partial charge is 0.354 e. The van der Waals surface area contributed by atoms with Crippen LogP contribution in [-0.4, -0.2) is 59.5 Å². The van der Waals surface area contributed by atoms with E-state index in [1.807, 2.05) is 19.1 Å². The Kier molecular flexibility index (Phi) is 6.76. The maximum Gasteiger partial charge on any atom is 0.237 e. The van der Waals surface area contributed by atoms with Crippen molar-refractivity contribution in [1.29, 1.82) is 0 Å². The fourth-order valence-corrected chi connectivity index (χ4v) is 3.52. The summed E-state index contributed by atoms with van der Waals surface area (Å²) in [6.07, 6.45) is 4.54. The summed E-state index contributed by atoms with van der Waals surface area (Å²) in [7, 11) is 0. The topological polar surface area (TPSA) is 61.4 Å². The molecule has 1 aliphatic heterocycles. The maximum atomic E-state index is 12.7. The van der Waals surface area contributed by atoms with Crippen molar-refractivity contribution in [2.75, 3.05) is 37.6 Å². The molecule has 1 N–H and O–H groups in total. The quantitative estimate of drug-likeness (QED) is 0.814. The highest BCUT2D eigenvalue weighted by Crippen LogP contribution is 2.18. The van der Waals surface area contributed by atoms with Gasteiger partial charge in [-0.3, -0.25) is 9.69 Å². The number of anilines is 1. The van der Waals surface area contributed by atoms with Crippen LogP contribution in [0.3, 0.4) is 0 Å². The molecular formula is C21H29N5O. The van der Waals surface area contributed by atoms with E-state index in [9.17, 15) is 4.79 Å². The van der Waals surface area contributed by atoms with Crippen molar-refractivity contribution in [3.8, 4) is 0 Å². The van der Waals surface area contributed by atoms with Gasteiger partial charge >= 0.3 is 0 Å². The summed E-state index contributed by atoms with van der Waals surface area (Å²) in [5.41, 5.74) is 1.28. The minimum atomic E-state index is -0.128. The lowest BCUT2D eigenvalue weighted by Gasteiger charge is -2.37. The first-order valence-corrected chi connectivity index (χ1v) is 9.77. The fraction of sp³-hybridized carbons (Fsp3) is 0.476. The number of carbonyl (C=O) groups is 1. The first-order valence-electron chi connectivity index (χ1n) is 9.77. The van der Waals surface area contributed by atoms with Gasteiger partial charge in [-0.05, 0) is 25.0 Å². The molecule has 6 nitrogen and oxygen atoms in total. The average Bonchev–Trinajstić information content (AvgIpc) is 2.75. The molecule has 0 aliphatic carbocycles. The highest BCUT2D eigenvalue weighted by molar-refractivity contribution is 5.81. The molecule has 1 fully saturated rings. The normalized spacial score (nSPS) is 17.3. The summed E-state index contributed by atoms with van der Waals surface area (Å²) >= 11 is 0. The number of rotatable bonds is 7. The van der Waals surface area contributed by atoms with Crippen LogP contribution in [0.2, 0.25) is 0 Å². The smallest absolute Gasteiger partial charge is 0.237 e. The Labute approximate surface area is 161 Å². The predicted octanol–water partition coefficient (Wildman–Crippen LogP) is 2.30. The number of amides is 1. The van der Waals surface area contributed by atoms with Crippen molar-refractivity contribution < 1.29 is 4.79 Å². The molecule has 2 aromatic rings.